The van der Waals surface area contributed by atoms with E-state index in [0.29, 0.717) is 6.01 Å². The minimum atomic E-state index is 0.165. The van der Waals surface area contributed by atoms with Gasteiger partial charge in [-0.25, -0.2) is 4.98 Å². The summed E-state index contributed by atoms with van der Waals surface area (Å²) in [6.07, 6.45) is 1.83. The standard InChI is InChI=1S/C6H9BrN2O/c1-4(2)10-6-8-3-5(7)9-6/h3-4H,1-2H3,(H,8,9). The number of nitrogens with zero attached hydrogens (tertiary/aromatic N) is 1. The lowest BCUT2D eigenvalue weighted by molar-refractivity contribution is 0.224. The van der Waals surface area contributed by atoms with Crippen molar-refractivity contribution in [3.63, 3.8) is 0 Å². The molecule has 1 rings (SSSR count). The smallest absolute Gasteiger partial charge is 0.294 e. The quantitative estimate of drug-likeness (QED) is 0.801. The maximum atomic E-state index is 5.24. The first-order chi connectivity index (χ1) is 4.68. The van der Waals surface area contributed by atoms with Crippen LogP contribution in [0.3, 0.4) is 0 Å². The summed E-state index contributed by atoms with van der Waals surface area (Å²) in [5.74, 6) is 0. The summed E-state index contributed by atoms with van der Waals surface area (Å²) in [5.41, 5.74) is 0. The van der Waals surface area contributed by atoms with Gasteiger partial charge in [0.1, 0.15) is 4.60 Å². The highest BCUT2D eigenvalue weighted by Crippen LogP contribution is 2.11. The summed E-state index contributed by atoms with van der Waals surface area (Å²) in [5, 5.41) is 0. The lowest BCUT2D eigenvalue weighted by Crippen LogP contribution is -2.06. The maximum absolute atomic E-state index is 5.24. The largest absolute Gasteiger partial charge is 0.462 e. The number of hydrogen-bond donors (Lipinski definition) is 1. The van der Waals surface area contributed by atoms with Gasteiger partial charge in [-0.05, 0) is 29.8 Å². The molecule has 0 fully saturated rings. The van der Waals surface area contributed by atoms with E-state index in [1.807, 2.05) is 13.8 Å². The number of ether oxygens (including phenoxy) is 1. The second kappa shape index (κ2) is 3.05. The third kappa shape index (κ3) is 2.02. The van der Waals surface area contributed by atoms with Gasteiger partial charge in [0.2, 0.25) is 0 Å². The number of hydrogen-bond acceptors (Lipinski definition) is 2. The first-order valence-electron chi connectivity index (χ1n) is 3.05. The van der Waals surface area contributed by atoms with E-state index in [4.69, 9.17) is 4.74 Å². The fourth-order valence-corrected chi connectivity index (χ4v) is 0.837. The van der Waals surface area contributed by atoms with Crippen LogP contribution in [0.5, 0.6) is 6.01 Å². The molecule has 4 heteroatoms. The van der Waals surface area contributed by atoms with Gasteiger partial charge in [0.05, 0.1) is 12.3 Å². The second-order valence-corrected chi connectivity index (χ2v) is 3.06. The number of halogens is 1. The molecule has 0 aliphatic heterocycles. The summed E-state index contributed by atoms with van der Waals surface area (Å²) in [4.78, 5) is 6.82. The molecule has 0 radical (unpaired) electrons. The van der Waals surface area contributed by atoms with Gasteiger partial charge in [-0.3, -0.25) is 0 Å². The Morgan fingerprint density at radius 3 is 2.80 bits per heavy atom. The number of nitrogens with one attached hydrogen (secondary N) is 1. The van der Waals surface area contributed by atoms with Gasteiger partial charge < -0.3 is 9.72 Å². The van der Waals surface area contributed by atoms with Crippen LogP contribution in [0, 0.1) is 0 Å². The van der Waals surface area contributed by atoms with Crippen LogP contribution in [0.25, 0.3) is 0 Å². The van der Waals surface area contributed by atoms with E-state index < -0.39 is 0 Å². The molecule has 0 saturated carbocycles. The molecule has 0 aliphatic carbocycles. The predicted octanol–water partition coefficient (Wildman–Crippen LogP) is 1.96. The highest BCUT2D eigenvalue weighted by atomic mass is 79.9. The number of aromatic nitrogens is 2. The third-order valence-electron chi connectivity index (χ3n) is 0.869. The summed E-state index contributed by atoms with van der Waals surface area (Å²) in [6.45, 7) is 3.91. The van der Waals surface area contributed by atoms with Crippen LogP contribution >= 0.6 is 15.9 Å². The third-order valence-corrected chi connectivity index (χ3v) is 1.27. The second-order valence-electron chi connectivity index (χ2n) is 2.20. The summed E-state index contributed by atoms with van der Waals surface area (Å²) < 4.78 is 6.07. The normalized spacial score (nSPS) is 10.4. The average Bonchev–Trinajstić information content (AvgIpc) is 2.13. The number of imidazole rings is 1. The van der Waals surface area contributed by atoms with E-state index in [-0.39, 0.29) is 6.10 Å². The highest BCUT2D eigenvalue weighted by molar-refractivity contribution is 9.10. The van der Waals surface area contributed by atoms with E-state index in [9.17, 15) is 0 Å². The van der Waals surface area contributed by atoms with E-state index in [1.54, 1.807) is 6.20 Å². The predicted molar refractivity (Wildman–Crippen MR) is 42.1 cm³/mol. The van der Waals surface area contributed by atoms with Crippen molar-refractivity contribution in [3.05, 3.63) is 10.8 Å². The van der Waals surface area contributed by atoms with Gasteiger partial charge in [-0.1, -0.05) is 0 Å². The van der Waals surface area contributed by atoms with E-state index in [0.717, 1.165) is 4.60 Å². The van der Waals surface area contributed by atoms with Gasteiger partial charge in [0.25, 0.3) is 6.01 Å². The van der Waals surface area contributed by atoms with Crippen LogP contribution in [0.1, 0.15) is 13.8 Å². The molecule has 0 unspecified atom stereocenters. The zero-order chi connectivity index (χ0) is 7.56. The lowest BCUT2D eigenvalue weighted by atomic mass is 10.5. The van der Waals surface area contributed by atoms with Crippen molar-refractivity contribution in [2.24, 2.45) is 0 Å². The summed E-state index contributed by atoms with van der Waals surface area (Å²) >= 11 is 3.22. The first kappa shape index (κ1) is 7.60. The van der Waals surface area contributed by atoms with Crippen molar-refractivity contribution >= 4 is 15.9 Å². The summed E-state index contributed by atoms with van der Waals surface area (Å²) in [6, 6.07) is 0.557. The molecule has 1 aromatic heterocycles. The Morgan fingerprint density at radius 2 is 2.40 bits per heavy atom. The molecule has 0 spiro atoms. The molecule has 0 atom stereocenters. The molecule has 10 heavy (non-hydrogen) atoms. The minimum absolute atomic E-state index is 0.165. The highest BCUT2D eigenvalue weighted by Gasteiger charge is 1.99. The van der Waals surface area contributed by atoms with Crippen molar-refractivity contribution in [3.8, 4) is 6.01 Å². The van der Waals surface area contributed by atoms with Gasteiger partial charge in [0, 0.05) is 0 Å². The van der Waals surface area contributed by atoms with Crippen molar-refractivity contribution in [2.75, 3.05) is 0 Å². The molecule has 1 N–H and O–H groups in total. The van der Waals surface area contributed by atoms with Crippen LogP contribution < -0.4 is 4.74 Å². The summed E-state index contributed by atoms with van der Waals surface area (Å²) in [7, 11) is 0. The molecule has 0 aromatic carbocycles. The Hall–Kier alpha value is -0.510. The molecule has 3 nitrogen and oxygen atoms in total. The number of H-pyrrole nitrogens is 1. The Balaban J connectivity index is 2.58. The van der Waals surface area contributed by atoms with Crippen LogP contribution in [-0.4, -0.2) is 16.1 Å². The molecule has 0 aliphatic rings. The molecule has 1 heterocycles. The Labute approximate surface area is 67.9 Å². The topological polar surface area (TPSA) is 37.9 Å². The fourth-order valence-electron chi connectivity index (χ4n) is 0.565. The van der Waals surface area contributed by atoms with Crippen LogP contribution in [0.15, 0.2) is 10.8 Å². The van der Waals surface area contributed by atoms with Crippen LogP contribution in [0.2, 0.25) is 0 Å². The average molecular weight is 205 g/mol. The molecule has 56 valence electrons. The number of aromatic amines is 1. The maximum Gasteiger partial charge on any atom is 0.294 e. The number of rotatable bonds is 2. The molecule has 1 aromatic rings. The first-order valence-corrected chi connectivity index (χ1v) is 3.85. The molecular formula is C6H9BrN2O. The Morgan fingerprint density at radius 1 is 1.70 bits per heavy atom. The van der Waals surface area contributed by atoms with Crippen molar-refractivity contribution in [1.82, 2.24) is 9.97 Å². The van der Waals surface area contributed by atoms with E-state index in [1.165, 1.54) is 0 Å². The van der Waals surface area contributed by atoms with Crippen LogP contribution in [0.4, 0.5) is 0 Å². The van der Waals surface area contributed by atoms with Crippen molar-refractivity contribution in [2.45, 2.75) is 20.0 Å². The van der Waals surface area contributed by atoms with E-state index in [2.05, 4.69) is 25.9 Å². The Kier molecular flexibility index (Phi) is 2.32. The SMILES string of the molecule is CC(C)Oc1ncc(Br)[nH]1. The van der Waals surface area contributed by atoms with Gasteiger partial charge in [0.15, 0.2) is 0 Å². The zero-order valence-electron chi connectivity index (χ0n) is 5.89. The van der Waals surface area contributed by atoms with Crippen LogP contribution in [-0.2, 0) is 0 Å². The lowest BCUT2D eigenvalue weighted by Gasteiger charge is -2.03. The molecule has 0 amide bonds. The molecule has 0 saturated heterocycles. The minimum Gasteiger partial charge on any atom is -0.462 e. The van der Waals surface area contributed by atoms with Gasteiger partial charge in [-0.15, -0.1) is 0 Å². The zero-order valence-corrected chi connectivity index (χ0v) is 7.47. The fraction of sp³-hybridized carbons (Fsp3) is 0.500. The van der Waals surface area contributed by atoms with Crippen molar-refractivity contribution in [1.29, 1.82) is 0 Å². The van der Waals surface area contributed by atoms with Crippen molar-refractivity contribution < 1.29 is 4.74 Å². The van der Waals surface area contributed by atoms with Gasteiger partial charge in [-0.2, -0.15) is 0 Å². The molecule has 0 bridgehead atoms. The monoisotopic (exact) mass is 204 g/mol. The van der Waals surface area contributed by atoms with Gasteiger partial charge >= 0.3 is 0 Å². The molecular weight excluding hydrogens is 196 g/mol. The van der Waals surface area contributed by atoms with E-state index >= 15 is 0 Å². The Bertz CT molecular complexity index is 209.